The smallest absolute Gasteiger partial charge is 0.284 e. The van der Waals surface area contributed by atoms with E-state index in [4.69, 9.17) is 0 Å². The average Bonchev–Trinajstić information content (AvgIpc) is 3.21. The molecule has 2 aromatic heterocycles. The van der Waals surface area contributed by atoms with Gasteiger partial charge in [0.05, 0.1) is 11.4 Å². The number of nitrogens with zero attached hydrogens (tertiary/aromatic N) is 4. The molecule has 0 fully saturated rings. The standard InChI is InChI=1S/C20H19N5OS/c1-14-18(19(26)25(24(14)2)16-11-7-4-8-12-16)27-20-21-17(22-23-20)13-15-9-5-3-6-10-15/h3-12H,13H2,1-2H3,(H,21,22,23). The molecule has 4 rings (SSSR count). The van der Waals surface area contributed by atoms with Crippen LogP contribution in [0.5, 0.6) is 0 Å². The van der Waals surface area contributed by atoms with Crippen LogP contribution in [0.1, 0.15) is 17.1 Å². The number of nitrogens with one attached hydrogen (secondary N) is 1. The van der Waals surface area contributed by atoms with Gasteiger partial charge in [0.15, 0.2) is 0 Å². The lowest BCUT2D eigenvalue weighted by molar-refractivity contribution is 0.630. The number of hydrogen-bond acceptors (Lipinski definition) is 4. The topological polar surface area (TPSA) is 68.5 Å². The Hall–Kier alpha value is -3.06. The highest BCUT2D eigenvalue weighted by Gasteiger charge is 2.19. The van der Waals surface area contributed by atoms with Crippen molar-refractivity contribution >= 4 is 11.8 Å². The summed E-state index contributed by atoms with van der Waals surface area (Å²) in [7, 11) is 1.88. The number of H-pyrrole nitrogens is 1. The van der Waals surface area contributed by atoms with Gasteiger partial charge in [0.25, 0.3) is 5.56 Å². The second kappa shape index (κ2) is 7.28. The summed E-state index contributed by atoms with van der Waals surface area (Å²) in [5.41, 5.74) is 2.80. The molecule has 0 saturated carbocycles. The second-order valence-corrected chi connectivity index (χ2v) is 7.20. The molecule has 0 atom stereocenters. The first-order valence-corrected chi connectivity index (χ1v) is 9.42. The summed E-state index contributed by atoms with van der Waals surface area (Å²) in [6, 6.07) is 19.7. The van der Waals surface area contributed by atoms with Crippen molar-refractivity contribution in [1.29, 1.82) is 0 Å². The molecule has 0 spiro atoms. The van der Waals surface area contributed by atoms with Gasteiger partial charge in [0, 0.05) is 13.5 Å². The van der Waals surface area contributed by atoms with E-state index < -0.39 is 0 Å². The zero-order valence-corrected chi connectivity index (χ0v) is 15.9. The number of benzene rings is 2. The largest absolute Gasteiger partial charge is 0.285 e. The maximum absolute atomic E-state index is 13.0. The van der Waals surface area contributed by atoms with E-state index >= 15 is 0 Å². The molecule has 27 heavy (non-hydrogen) atoms. The molecular formula is C20H19N5OS. The van der Waals surface area contributed by atoms with Crippen molar-refractivity contribution in [3.63, 3.8) is 0 Å². The van der Waals surface area contributed by atoms with Crippen LogP contribution in [0.3, 0.4) is 0 Å². The van der Waals surface area contributed by atoms with Crippen LogP contribution in [0.4, 0.5) is 0 Å². The highest BCUT2D eigenvalue weighted by atomic mass is 32.2. The Balaban J connectivity index is 1.62. The maximum atomic E-state index is 13.0. The van der Waals surface area contributed by atoms with Gasteiger partial charge >= 0.3 is 0 Å². The van der Waals surface area contributed by atoms with Gasteiger partial charge in [0.2, 0.25) is 5.16 Å². The van der Waals surface area contributed by atoms with Gasteiger partial charge in [-0.25, -0.2) is 9.67 Å². The third-order valence-electron chi connectivity index (χ3n) is 4.42. The fourth-order valence-electron chi connectivity index (χ4n) is 2.94. The molecule has 0 amide bonds. The Morgan fingerprint density at radius 1 is 1.04 bits per heavy atom. The van der Waals surface area contributed by atoms with Crippen molar-refractivity contribution in [2.45, 2.75) is 23.4 Å². The predicted octanol–water partition coefficient (Wildman–Crippen LogP) is 3.34. The SMILES string of the molecule is Cc1c(Sc2n[nH]c(Cc3ccccc3)n2)c(=O)n(-c2ccccc2)n1C. The number of rotatable bonds is 5. The summed E-state index contributed by atoms with van der Waals surface area (Å²) in [6.45, 7) is 1.93. The zero-order chi connectivity index (χ0) is 18.8. The van der Waals surface area contributed by atoms with E-state index in [1.54, 1.807) is 4.68 Å². The first-order chi connectivity index (χ1) is 13.1. The lowest BCUT2D eigenvalue weighted by Gasteiger charge is -2.07. The van der Waals surface area contributed by atoms with E-state index in [2.05, 4.69) is 27.3 Å². The van der Waals surface area contributed by atoms with Gasteiger partial charge in [-0.15, -0.1) is 5.10 Å². The van der Waals surface area contributed by atoms with Gasteiger partial charge < -0.3 is 0 Å². The van der Waals surface area contributed by atoms with Crippen LogP contribution >= 0.6 is 11.8 Å². The predicted molar refractivity (Wildman–Crippen MR) is 106 cm³/mol. The second-order valence-electron chi connectivity index (χ2n) is 6.22. The van der Waals surface area contributed by atoms with Crippen LogP contribution < -0.4 is 5.56 Å². The van der Waals surface area contributed by atoms with E-state index in [0.717, 1.165) is 22.8 Å². The molecule has 0 radical (unpaired) electrons. The van der Waals surface area contributed by atoms with Crippen molar-refractivity contribution < 1.29 is 0 Å². The first-order valence-electron chi connectivity index (χ1n) is 8.60. The van der Waals surface area contributed by atoms with Gasteiger partial charge in [-0.05, 0) is 36.4 Å². The van der Waals surface area contributed by atoms with Crippen molar-refractivity contribution in [3.05, 3.63) is 88.1 Å². The van der Waals surface area contributed by atoms with Crippen molar-refractivity contribution in [3.8, 4) is 5.69 Å². The molecule has 1 N–H and O–H groups in total. The molecule has 0 aliphatic carbocycles. The van der Waals surface area contributed by atoms with Gasteiger partial charge in [0.1, 0.15) is 10.7 Å². The third-order valence-corrected chi connectivity index (χ3v) is 5.46. The molecular weight excluding hydrogens is 358 g/mol. The van der Waals surface area contributed by atoms with Gasteiger partial charge in [-0.1, -0.05) is 48.5 Å². The zero-order valence-electron chi connectivity index (χ0n) is 15.1. The Morgan fingerprint density at radius 3 is 2.41 bits per heavy atom. The van der Waals surface area contributed by atoms with Crippen LogP contribution in [0.25, 0.3) is 5.69 Å². The van der Waals surface area contributed by atoms with E-state index in [1.165, 1.54) is 11.8 Å². The first kappa shape index (κ1) is 17.4. The molecule has 2 aromatic carbocycles. The van der Waals surface area contributed by atoms with Crippen LogP contribution in [-0.2, 0) is 13.5 Å². The van der Waals surface area contributed by atoms with E-state index in [1.807, 2.05) is 67.2 Å². The monoisotopic (exact) mass is 377 g/mol. The molecule has 0 saturated heterocycles. The molecule has 0 unspecified atom stereocenters. The number of aromatic nitrogens is 5. The Kier molecular flexibility index (Phi) is 4.68. The fraction of sp³-hybridized carbons (Fsp3) is 0.150. The van der Waals surface area contributed by atoms with E-state index in [9.17, 15) is 4.79 Å². The van der Waals surface area contributed by atoms with E-state index in [0.29, 0.717) is 16.5 Å². The number of hydrogen-bond donors (Lipinski definition) is 1. The molecule has 6 nitrogen and oxygen atoms in total. The molecule has 2 heterocycles. The number of aromatic amines is 1. The Labute approximate surface area is 160 Å². The van der Waals surface area contributed by atoms with Crippen molar-refractivity contribution in [1.82, 2.24) is 24.5 Å². The Bertz CT molecular complexity index is 1110. The van der Waals surface area contributed by atoms with Crippen LogP contribution in [0.2, 0.25) is 0 Å². The number of para-hydroxylation sites is 1. The minimum atomic E-state index is -0.0689. The van der Waals surface area contributed by atoms with Gasteiger partial charge in [-0.2, -0.15) is 0 Å². The van der Waals surface area contributed by atoms with Gasteiger partial charge in [-0.3, -0.25) is 14.6 Å². The lowest BCUT2D eigenvalue weighted by Crippen LogP contribution is -2.19. The summed E-state index contributed by atoms with van der Waals surface area (Å²) in [4.78, 5) is 18.1. The minimum Gasteiger partial charge on any atom is -0.284 e. The maximum Gasteiger partial charge on any atom is 0.285 e. The van der Waals surface area contributed by atoms with Crippen molar-refractivity contribution in [2.75, 3.05) is 0 Å². The van der Waals surface area contributed by atoms with Crippen LogP contribution in [0, 0.1) is 6.92 Å². The highest BCUT2D eigenvalue weighted by molar-refractivity contribution is 7.99. The minimum absolute atomic E-state index is 0.0689. The summed E-state index contributed by atoms with van der Waals surface area (Å²) < 4.78 is 3.52. The highest BCUT2D eigenvalue weighted by Crippen LogP contribution is 2.26. The third kappa shape index (κ3) is 3.46. The fourth-order valence-corrected chi connectivity index (χ4v) is 3.83. The average molecular weight is 377 g/mol. The quantitative estimate of drug-likeness (QED) is 0.579. The normalized spacial score (nSPS) is 11.0. The molecule has 136 valence electrons. The molecule has 0 bridgehead atoms. The molecule has 7 heteroatoms. The summed E-state index contributed by atoms with van der Waals surface area (Å²) in [6.07, 6.45) is 0.677. The van der Waals surface area contributed by atoms with E-state index in [-0.39, 0.29) is 5.56 Å². The Morgan fingerprint density at radius 2 is 1.70 bits per heavy atom. The summed E-state index contributed by atoms with van der Waals surface area (Å²) in [5, 5.41) is 7.79. The lowest BCUT2D eigenvalue weighted by atomic mass is 10.1. The molecule has 0 aliphatic rings. The summed E-state index contributed by atoms with van der Waals surface area (Å²) in [5.74, 6) is 0.778. The molecule has 4 aromatic rings. The summed E-state index contributed by atoms with van der Waals surface area (Å²) >= 11 is 1.29. The van der Waals surface area contributed by atoms with Crippen LogP contribution in [-0.4, -0.2) is 24.5 Å². The molecule has 0 aliphatic heterocycles. The van der Waals surface area contributed by atoms with Crippen LogP contribution in [0.15, 0.2) is 75.5 Å². The van der Waals surface area contributed by atoms with Crippen molar-refractivity contribution in [2.24, 2.45) is 7.05 Å².